The Morgan fingerprint density at radius 3 is 2.61 bits per heavy atom. The highest BCUT2D eigenvalue weighted by Gasteiger charge is 2.41. The van der Waals surface area contributed by atoms with E-state index in [1.165, 1.54) is 36.0 Å². The summed E-state index contributed by atoms with van der Waals surface area (Å²) in [7, 11) is 0. The summed E-state index contributed by atoms with van der Waals surface area (Å²) in [5.41, 5.74) is -0.927. The third-order valence-electron chi connectivity index (χ3n) is 3.54. The number of carbonyl (C=O) groups excluding carboxylic acids is 1. The van der Waals surface area contributed by atoms with E-state index in [0.29, 0.717) is 12.2 Å². The van der Waals surface area contributed by atoms with Crippen LogP contribution in [-0.2, 0) is 4.79 Å². The highest BCUT2D eigenvalue weighted by molar-refractivity contribution is 7.99. The van der Waals surface area contributed by atoms with Crippen molar-refractivity contribution in [2.24, 2.45) is 0 Å². The fraction of sp³-hybridized carbons (Fsp3) is 0.467. The minimum absolute atomic E-state index is 0.0409. The van der Waals surface area contributed by atoms with Gasteiger partial charge in [0.1, 0.15) is 11.6 Å². The maximum atomic E-state index is 13.2. The molecule has 0 spiro atoms. The molecule has 0 bridgehead atoms. The highest BCUT2D eigenvalue weighted by atomic mass is 32.2. The van der Waals surface area contributed by atoms with E-state index in [0.717, 1.165) is 5.75 Å². The van der Waals surface area contributed by atoms with Crippen LogP contribution >= 0.6 is 11.8 Å². The molecule has 4 nitrogen and oxygen atoms in total. The molecule has 1 saturated heterocycles. The number of rotatable bonds is 5. The first-order chi connectivity index (χ1) is 10.9. The van der Waals surface area contributed by atoms with E-state index >= 15 is 0 Å². The normalized spacial score (nSPS) is 22.3. The summed E-state index contributed by atoms with van der Waals surface area (Å²) in [5.74, 6) is 0.590. The quantitative estimate of drug-likeness (QED) is 0.862. The van der Waals surface area contributed by atoms with E-state index in [9.17, 15) is 23.2 Å². The van der Waals surface area contributed by atoms with E-state index < -0.39 is 30.2 Å². The summed E-state index contributed by atoms with van der Waals surface area (Å²) in [4.78, 5) is 11.9. The number of benzene rings is 1. The maximum absolute atomic E-state index is 13.2. The van der Waals surface area contributed by atoms with Gasteiger partial charge < -0.3 is 5.32 Å². The first kappa shape index (κ1) is 17.6. The average molecular weight is 343 g/mol. The van der Waals surface area contributed by atoms with Crippen molar-refractivity contribution < 1.29 is 18.0 Å². The Labute approximate surface area is 136 Å². The fourth-order valence-corrected chi connectivity index (χ4v) is 3.62. The minimum atomic E-state index is -4.52. The molecule has 1 aliphatic rings. The smallest absolute Gasteiger partial charge is 0.336 e. The van der Waals surface area contributed by atoms with E-state index in [1.54, 1.807) is 6.07 Å². The fourth-order valence-electron chi connectivity index (χ4n) is 2.35. The molecule has 1 aliphatic heterocycles. The first-order valence-corrected chi connectivity index (χ1v) is 8.17. The third-order valence-corrected chi connectivity index (χ3v) is 4.73. The van der Waals surface area contributed by atoms with Gasteiger partial charge in [-0.25, -0.2) is 0 Å². The van der Waals surface area contributed by atoms with E-state index in [4.69, 9.17) is 0 Å². The predicted molar refractivity (Wildman–Crippen MR) is 81.7 cm³/mol. The molecule has 1 aromatic rings. The molecule has 0 aliphatic carbocycles. The number of nitrogens with zero attached hydrogens (tertiary/aromatic N) is 1. The molecule has 0 unspecified atom stereocenters. The summed E-state index contributed by atoms with van der Waals surface area (Å²) >= 11 is 1.54. The minimum Gasteiger partial charge on any atom is -0.336 e. The summed E-state index contributed by atoms with van der Waals surface area (Å²) in [6.45, 7) is -0.507. The Kier molecular flexibility index (Phi) is 5.55. The van der Waals surface area contributed by atoms with Crippen molar-refractivity contribution in [2.75, 3.05) is 18.1 Å². The molecule has 1 fully saturated rings. The number of amides is 1. The highest BCUT2D eigenvalue weighted by Crippen LogP contribution is 2.32. The number of hydrogen-bond acceptors (Lipinski definition) is 4. The number of thioether (sulfide) groups is 1. The van der Waals surface area contributed by atoms with Crippen molar-refractivity contribution in [2.45, 2.75) is 24.2 Å². The number of nitriles is 1. The van der Waals surface area contributed by atoms with Crippen LogP contribution in [0.5, 0.6) is 0 Å². The second-order valence-electron chi connectivity index (χ2n) is 5.31. The Morgan fingerprint density at radius 1 is 1.39 bits per heavy atom. The lowest BCUT2D eigenvalue weighted by Gasteiger charge is -2.24. The molecular formula is C15H16F3N3OS. The van der Waals surface area contributed by atoms with Crippen LogP contribution in [0.1, 0.15) is 18.0 Å². The van der Waals surface area contributed by atoms with Gasteiger partial charge in [-0.05, 0) is 17.7 Å². The lowest BCUT2D eigenvalue weighted by atomic mass is 10.0. The van der Waals surface area contributed by atoms with Gasteiger partial charge in [0.25, 0.3) is 0 Å². The van der Waals surface area contributed by atoms with E-state index in [1.807, 2.05) is 0 Å². The van der Waals surface area contributed by atoms with Crippen LogP contribution in [0.2, 0.25) is 0 Å². The van der Waals surface area contributed by atoms with Crippen molar-refractivity contribution >= 4 is 17.7 Å². The SMILES string of the molecule is N#C[C@]1(NC(=O)CN[C@@H](c2ccccc2)C(F)(F)F)CCSC1. The van der Waals surface area contributed by atoms with E-state index in [-0.39, 0.29) is 5.56 Å². The molecule has 2 N–H and O–H groups in total. The molecule has 2 atom stereocenters. The molecule has 23 heavy (non-hydrogen) atoms. The topological polar surface area (TPSA) is 64.9 Å². The Hall–Kier alpha value is -1.72. The maximum Gasteiger partial charge on any atom is 0.407 e. The van der Waals surface area contributed by atoms with Gasteiger partial charge in [-0.2, -0.15) is 30.2 Å². The van der Waals surface area contributed by atoms with Crippen molar-refractivity contribution in [3.8, 4) is 6.07 Å². The molecule has 1 heterocycles. The van der Waals surface area contributed by atoms with Crippen LogP contribution in [0.25, 0.3) is 0 Å². The number of nitrogens with one attached hydrogen (secondary N) is 2. The zero-order chi connectivity index (χ0) is 16.9. The van der Waals surface area contributed by atoms with Gasteiger partial charge in [0, 0.05) is 5.75 Å². The number of hydrogen-bond donors (Lipinski definition) is 2. The molecule has 124 valence electrons. The van der Waals surface area contributed by atoms with Crippen LogP contribution < -0.4 is 10.6 Å². The summed E-state index contributed by atoms with van der Waals surface area (Å²) in [5, 5.41) is 14.0. The van der Waals surface area contributed by atoms with Gasteiger partial charge in [-0.3, -0.25) is 10.1 Å². The second kappa shape index (κ2) is 7.23. The number of halogens is 3. The summed E-state index contributed by atoms with van der Waals surface area (Å²) in [6, 6.07) is 7.48. The van der Waals surface area contributed by atoms with Crippen LogP contribution in [0.3, 0.4) is 0 Å². The van der Waals surface area contributed by atoms with Gasteiger partial charge in [0.2, 0.25) is 5.91 Å². The molecule has 0 saturated carbocycles. The Morgan fingerprint density at radius 2 is 2.09 bits per heavy atom. The summed E-state index contributed by atoms with van der Waals surface area (Å²) in [6.07, 6.45) is -4.01. The van der Waals surface area contributed by atoms with Gasteiger partial charge in [0.15, 0.2) is 0 Å². The molecule has 1 amide bonds. The predicted octanol–water partition coefficient (Wildman–Crippen LogP) is 2.40. The van der Waals surface area contributed by atoms with Crippen LogP contribution in [-0.4, -0.2) is 35.7 Å². The van der Waals surface area contributed by atoms with Gasteiger partial charge in [0.05, 0.1) is 12.6 Å². The van der Waals surface area contributed by atoms with E-state index in [2.05, 4.69) is 16.7 Å². The molecule has 0 radical (unpaired) electrons. The van der Waals surface area contributed by atoms with Crippen LogP contribution in [0.15, 0.2) is 30.3 Å². The summed E-state index contributed by atoms with van der Waals surface area (Å²) < 4.78 is 39.5. The molecule has 0 aromatic heterocycles. The van der Waals surface area contributed by atoms with Crippen molar-refractivity contribution in [1.82, 2.24) is 10.6 Å². The lowest BCUT2D eigenvalue weighted by Crippen LogP contribution is -2.51. The molecule has 8 heteroatoms. The zero-order valence-corrected chi connectivity index (χ0v) is 13.0. The van der Waals surface area contributed by atoms with Crippen LogP contribution in [0.4, 0.5) is 13.2 Å². The lowest BCUT2D eigenvalue weighted by molar-refractivity contribution is -0.158. The largest absolute Gasteiger partial charge is 0.407 e. The van der Waals surface area contributed by atoms with Crippen molar-refractivity contribution in [3.05, 3.63) is 35.9 Å². The van der Waals surface area contributed by atoms with Gasteiger partial charge >= 0.3 is 6.18 Å². The van der Waals surface area contributed by atoms with Crippen molar-refractivity contribution in [1.29, 1.82) is 5.26 Å². The average Bonchev–Trinajstić information content (AvgIpc) is 2.96. The monoisotopic (exact) mass is 343 g/mol. The third kappa shape index (κ3) is 4.62. The Balaban J connectivity index is 1.99. The molecular weight excluding hydrogens is 327 g/mol. The van der Waals surface area contributed by atoms with Gasteiger partial charge in [-0.15, -0.1) is 0 Å². The standard InChI is InChI=1S/C15H16F3N3OS/c16-15(17,18)13(11-4-2-1-3-5-11)20-8-12(22)21-14(9-19)6-7-23-10-14/h1-5,13,20H,6-8,10H2,(H,21,22)/t13-,14+/m0/s1. The van der Waals surface area contributed by atoms with Crippen molar-refractivity contribution in [3.63, 3.8) is 0 Å². The first-order valence-electron chi connectivity index (χ1n) is 7.01. The second-order valence-corrected chi connectivity index (χ2v) is 6.42. The molecule has 1 aromatic carbocycles. The number of alkyl halides is 3. The van der Waals surface area contributed by atoms with Crippen LogP contribution in [0, 0.1) is 11.3 Å². The zero-order valence-electron chi connectivity index (χ0n) is 12.2. The Bertz CT molecular complexity index is 580. The van der Waals surface area contributed by atoms with Gasteiger partial charge in [-0.1, -0.05) is 30.3 Å². The molecule has 2 rings (SSSR count). The number of carbonyl (C=O) groups is 1.